The maximum atomic E-state index is 12.9. The summed E-state index contributed by atoms with van der Waals surface area (Å²) in [5, 5.41) is 3.60. The fraction of sp³-hybridized carbons (Fsp3) is 0.278. The zero-order chi connectivity index (χ0) is 17.8. The molecule has 1 aliphatic heterocycles. The van der Waals surface area contributed by atoms with Gasteiger partial charge in [-0.3, -0.25) is 9.69 Å². The van der Waals surface area contributed by atoms with Crippen LogP contribution in [0.2, 0.25) is 0 Å². The Morgan fingerprint density at radius 3 is 2.64 bits per heavy atom. The number of rotatable bonds is 3. The Morgan fingerprint density at radius 1 is 1.20 bits per heavy atom. The lowest BCUT2D eigenvalue weighted by Crippen LogP contribution is -2.40. The van der Waals surface area contributed by atoms with Crippen molar-refractivity contribution in [2.24, 2.45) is 0 Å². The van der Waals surface area contributed by atoms with Gasteiger partial charge in [-0.2, -0.15) is 0 Å². The molecule has 0 bridgehead atoms. The van der Waals surface area contributed by atoms with Crippen molar-refractivity contribution in [3.63, 3.8) is 0 Å². The number of furan rings is 1. The number of imide groups is 1. The molecule has 7 heteroatoms. The number of nitrogens with one attached hydrogen (secondary N) is 1. The van der Waals surface area contributed by atoms with Crippen LogP contribution in [-0.4, -0.2) is 21.8 Å². The molecule has 1 fully saturated rings. The molecule has 128 valence electrons. The summed E-state index contributed by atoms with van der Waals surface area (Å²) in [6.07, 6.45) is 0. The van der Waals surface area contributed by atoms with Crippen molar-refractivity contribution in [2.75, 3.05) is 0 Å². The molecule has 1 aliphatic rings. The van der Waals surface area contributed by atoms with Gasteiger partial charge in [-0.25, -0.2) is 9.78 Å². The minimum absolute atomic E-state index is 0.0187. The third kappa shape index (κ3) is 2.31. The third-order valence-electron chi connectivity index (χ3n) is 4.56. The molecule has 0 unspecified atom stereocenters. The molecule has 25 heavy (non-hydrogen) atoms. The van der Waals surface area contributed by atoms with Crippen LogP contribution in [0.4, 0.5) is 4.79 Å². The van der Waals surface area contributed by atoms with E-state index in [4.69, 9.17) is 8.83 Å². The van der Waals surface area contributed by atoms with E-state index < -0.39 is 17.5 Å². The first-order valence-corrected chi connectivity index (χ1v) is 7.94. The number of benzene rings is 1. The van der Waals surface area contributed by atoms with Gasteiger partial charge < -0.3 is 14.2 Å². The van der Waals surface area contributed by atoms with Crippen LogP contribution in [0.5, 0.6) is 0 Å². The van der Waals surface area contributed by atoms with Gasteiger partial charge in [-0.1, -0.05) is 18.2 Å². The second kappa shape index (κ2) is 5.20. The van der Waals surface area contributed by atoms with Crippen LogP contribution < -0.4 is 5.32 Å². The van der Waals surface area contributed by atoms with Gasteiger partial charge in [0, 0.05) is 5.39 Å². The fourth-order valence-corrected chi connectivity index (χ4v) is 2.98. The van der Waals surface area contributed by atoms with Crippen molar-refractivity contribution in [3.05, 3.63) is 53.4 Å². The summed E-state index contributed by atoms with van der Waals surface area (Å²) in [7, 11) is 0. The number of urea groups is 1. The van der Waals surface area contributed by atoms with Crippen molar-refractivity contribution in [1.29, 1.82) is 0 Å². The van der Waals surface area contributed by atoms with Crippen molar-refractivity contribution < 1.29 is 18.4 Å². The summed E-state index contributed by atoms with van der Waals surface area (Å²) < 4.78 is 11.3. The number of oxazole rings is 1. The van der Waals surface area contributed by atoms with Gasteiger partial charge in [0.15, 0.2) is 5.54 Å². The van der Waals surface area contributed by atoms with Crippen LogP contribution >= 0.6 is 0 Å². The minimum atomic E-state index is -1.26. The van der Waals surface area contributed by atoms with Gasteiger partial charge in [0.2, 0.25) is 5.89 Å². The highest BCUT2D eigenvalue weighted by molar-refractivity contribution is 6.07. The summed E-state index contributed by atoms with van der Waals surface area (Å²) in [5.74, 6) is 0.994. The molecule has 3 amide bonds. The highest BCUT2D eigenvalue weighted by Gasteiger charge is 2.51. The molecule has 3 aromatic rings. The van der Waals surface area contributed by atoms with E-state index in [2.05, 4.69) is 10.3 Å². The number of hydrogen-bond acceptors (Lipinski definition) is 5. The number of carbonyl (C=O) groups is 2. The summed E-state index contributed by atoms with van der Waals surface area (Å²) in [5.41, 5.74) is 0.146. The predicted octanol–water partition coefficient (Wildman–Crippen LogP) is 3.00. The molecule has 3 heterocycles. The number of aryl methyl sites for hydroxylation is 2. The zero-order valence-electron chi connectivity index (χ0n) is 14.1. The third-order valence-corrected chi connectivity index (χ3v) is 4.56. The maximum absolute atomic E-state index is 12.9. The highest BCUT2D eigenvalue weighted by atomic mass is 16.4. The smallest absolute Gasteiger partial charge is 0.325 e. The van der Waals surface area contributed by atoms with Crippen LogP contribution in [0.25, 0.3) is 11.0 Å². The number of amides is 3. The van der Waals surface area contributed by atoms with E-state index in [-0.39, 0.29) is 6.54 Å². The largest absolute Gasteiger partial charge is 0.458 e. The van der Waals surface area contributed by atoms with Gasteiger partial charge >= 0.3 is 6.03 Å². The number of carbonyl (C=O) groups excluding carboxylic acids is 2. The highest BCUT2D eigenvalue weighted by Crippen LogP contribution is 2.33. The lowest BCUT2D eigenvalue weighted by molar-refractivity contribution is -0.132. The first-order valence-electron chi connectivity index (χ1n) is 7.94. The first-order chi connectivity index (χ1) is 11.9. The van der Waals surface area contributed by atoms with E-state index in [1.54, 1.807) is 19.9 Å². The van der Waals surface area contributed by atoms with Crippen LogP contribution in [0.1, 0.15) is 30.0 Å². The lowest BCUT2D eigenvalue weighted by atomic mass is 9.99. The first kappa shape index (κ1) is 15.4. The van der Waals surface area contributed by atoms with Crippen LogP contribution in [0.3, 0.4) is 0 Å². The second-order valence-electron chi connectivity index (χ2n) is 6.34. The number of para-hydroxylation sites is 1. The van der Waals surface area contributed by atoms with Crippen LogP contribution in [0, 0.1) is 13.8 Å². The quantitative estimate of drug-likeness (QED) is 0.741. The van der Waals surface area contributed by atoms with Crippen LogP contribution in [-0.2, 0) is 16.9 Å². The molecule has 1 aromatic carbocycles. The zero-order valence-corrected chi connectivity index (χ0v) is 14.1. The normalized spacial score (nSPS) is 20.5. The average molecular weight is 339 g/mol. The maximum Gasteiger partial charge on any atom is 0.325 e. The summed E-state index contributed by atoms with van der Waals surface area (Å²) in [4.78, 5) is 30.6. The number of aromatic nitrogens is 1. The van der Waals surface area contributed by atoms with Gasteiger partial charge in [0.25, 0.3) is 5.91 Å². The Balaban J connectivity index is 1.67. The van der Waals surface area contributed by atoms with E-state index in [0.717, 1.165) is 16.0 Å². The van der Waals surface area contributed by atoms with Crippen molar-refractivity contribution >= 4 is 22.9 Å². The molecule has 2 aromatic heterocycles. The van der Waals surface area contributed by atoms with Crippen molar-refractivity contribution in [2.45, 2.75) is 32.9 Å². The lowest BCUT2D eigenvalue weighted by Gasteiger charge is -2.18. The van der Waals surface area contributed by atoms with E-state index in [9.17, 15) is 9.59 Å². The van der Waals surface area contributed by atoms with Gasteiger partial charge in [0.1, 0.15) is 23.6 Å². The number of nitrogens with zero attached hydrogens (tertiary/aromatic N) is 2. The van der Waals surface area contributed by atoms with Gasteiger partial charge in [0.05, 0.1) is 5.69 Å². The Labute approximate surface area is 143 Å². The van der Waals surface area contributed by atoms with E-state index >= 15 is 0 Å². The summed E-state index contributed by atoms with van der Waals surface area (Å²) in [6, 6.07) is 8.73. The molecular weight excluding hydrogens is 322 g/mol. The number of fused-ring (bicyclic) bond motifs is 1. The van der Waals surface area contributed by atoms with Gasteiger partial charge in [-0.15, -0.1) is 0 Å². The Bertz CT molecular complexity index is 950. The molecule has 1 saturated heterocycles. The fourth-order valence-electron chi connectivity index (χ4n) is 2.98. The van der Waals surface area contributed by atoms with Gasteiger partial charge in [-0.05, 0) is 32.9 Å². The summed E-state index contributed by atoms with van der Waals surface area (Å²) in [6.45, 7) is 5.22. The van der Waals surface area contributed by atoms with Crippen LogP contribution in [0.15, 0.2) is 39.2 Å². The molecular formula is C18H17N3O4. The summed E-state index contributed by atoms with van der Waals surface area (Å²) >= 11 is 0. The van der Waals surface area contributed by atoms with E-state index in [1.165, 1.54) is 0 Å². The molecule has 0 radical (unpaired) electrons. The standard InChI is InChI=1S/C18H17N3O4/c1-10-11(2)24-15(19-10)9-21-16(22)18(3,20-17(21)23)14-8-12-6-4-5-7-13(12)25-14/h4-8H,9H2,1-3H3,(H,20,23)/t18-/m1/s1. The van der Waals surface area contributed by atoms with E-state index in [1.807, 2.05) is 31.2 Å². The SMILES string of the molecule is Cc1nc(CN2C(=O)N[C@](C)(c3cc4ccccc4o3)C2=O)oc1C. The second-order valence-corrected chi connectivity index (χ2v) is 6.34. The molecule has 1 N–H and O–H groups in total. The van der Waals surface area contributed by atoms with Crippen molar-refractivity contribution in [3.8, 4) is 0 Å². The van der Waals surface area contributed by atoms with Crippen molar-refractivity contribution in [1.82, 2.24) is 15.2 Å². The Hall–Kier alpha value is -3.09. The monoisotopic (exact) mass is 339 g/mol. The molecule has 1 atom stereocenters. The molecule has 7 nitrogen and oxygen atoms in total. The average Bonchev–Trinajstić information content (AvgIpc) is 3.20. The Kier molecular flexibility index (Phi) is 3.21. The van der Waals surface area contributed by atoms with E-state index in [0.29, 0.717) is 23.0 Å². The number of hydrogen-bond donors (Lipinski definition) is 1. The topological polar surface area (TPSA) is 88.6 Å². The minimum Gasteiger partial charge on any atom is -0.458 e. The molecule has 0 spiro atoms. The molecule has 0 saturated carbocycles. The molecule has 0 aliphatic carbocycles. The molecule has 4 rings (SSSR count). The Morgan fingerprint density at radius 2 is 1.96 bits per heavy atom. The predicted molar refractivity (Wildman–Crippen MR) is 88.6 cm³/mol.